The van der Waals surface area contributed by atoms with Crippen molar-refractivity contribution < 1.29 is 23.9 Å². The number of aromatic nitrogens is 1. The van der Waals surface area contributed by atoms with Crippen molar-refractivity contribution in [3.8, 4) is 0 Å². The fraction of sp³-hybridized carbons (Fsp3) is 0.556. The van der Waals surface area contributed by atoms with Crippen molar-refractivity contribution in [2.75, 3.05) is 13.2 Å². The fourth-order valence-corrected chi connectivity index (χ4v) is 3.32. The zero-order valence-corrected chi connectivity index (χ0v) is 15.3. The highest BCUT2D eigenvalue weighted by atomic mass is 19.1. The van der Waals surface area contributed by atoms with E-state index in [-0.39, 0.29) is 12.7 Å². The number of halogens is 1. The maximum Gasteiger partial charge on any atom is 0.305 e. The van der Waals surface area contributed by atoms with Gasteiger partial charge in [-0.05, 0) is 33.8 Å². The standard InChI is InChI=1S/C18H23FN2O5/c1-17(2,10-22)16-6-11-5-15(21(23)24)13(19)7-14(11)20(16)8-12-9-25-18(3,4)26-12/h5-7,12,22H,8-10H2,1-4H3/p+1/t12-/m1/s1. The Hall–Kier alpha value is -2.03. The summed E-state index contributed by atoms with van der Waals surface area (Å²) in [6.07, 6.45) is -0.223. The predicted molar refractivity (Wildman–Crippen MR) is 95.0 cm³/mol. The van der Waals surface area contributed by atoms with E-state index in [1.807, 2.05) is 32.3 Å². The first-order chi connectivity index (χ1) is 12.0. The third kappa shape index (κ3) is 3.32. The molecule has 1 aromatic heterocycles. The van der Waals surface area contributed by atoms with Gasteiger partial charge in [0.05, 0.1) is 29.0 Å². The Bertz CT molecular complexity index is 859. The summed E-state index contributed by atoms with van der Waals surface area (Å²) < 4.78 is 27.6. The maximum absolute atomic E-state index is 14.2. The quantitative estimate of drug-likeness (QED) is 0.462. The van der Waals surface area contributed by atoms with Crippen molar-refractivity contribution in [1.29, 1.82) is 0 Å². The summed E-state index contributed by atoms with van der Waals surface area (Å²) in [5.74, 6) is -1.55. The van der Waals surface area contributed by atoms with Crippen LogP contribution in [0.4, 0.5) is 10.1 Å². The van der Waals surface area contributed by atoms with E-state index in [2.05, 4.69) is 0 Å². The molecule has 1 aromatic carbocycles. The van der Waals surface area contributed by atoms with E-state index >= 15 is 0 Å². The molecule has 1 aliphatic rings. The number of fused-ring (bicyclic) bond motifs is 1. The van der Waals surface area contributed by atoms with Crippen molar-refractivity contribution in [2.45, 2.75) is 51.5 Å². The summed E-state index contributed by atoms with van der Waals surface area (Å²) >= 11 is 0. The minimum absolute atomic E-state index is 0.126. The molecule has 0 spiro atoms. The topological polar surface area (TPSA) is 89.4 Å². The van der Waals surface area contributed by atoms with E-state index in [4.69, 9.17) is 14.6 Å². The molecular weight excluding hydrogens is 343 g/mol. The van der Waals surface area contributed by atoms with Crippen molar-refractivity contribution in [3.05, 3.63) is 39.8 Å². The van der Waals surface area contributed by atoms with Crippen LogP contribution in [0.1, 0.15) is 33.4 Å². The average molecular weight is 367 g/mol. The van der Waals surface area contributed by atoms with E-state index in [0.29, 0.717) is 24.1 Å². The fourth-order valence-electron chi connectivity index (χ4n) is 3.32. The molecule has 2 N–H and O–H groups in total. The summed E-state index contributed by atoms with van der Waals surface area (Å²) in [6.45, 7) is 8.46. The summed E-state index contributed by atoms with van der Waals surface area (Å²) in [7, 11) is 0. The van der Waals surface area contributed by atoms with Gasteiger partial charge in [-0.1, -0.05) is 0 Å². The monoisotopic (exact) mass is 367 g/mol. The van der Waals surface area contributed by atoms with Crippen molar-refractivity contribution in [3.63, 3.8) is 0 Å². The molecule has 1 atom stereocenters. The molecule has 0 unspecified atom stereocenters. The molecule has 142 valence electrons. The van der Waals surface area contributed by atoms with Crippen LogP contribution >= 0.6 is 0 Å². The van der Waals surface area contributed by atoms with Gasteiger partial charge in [0.2, 0.25) is 5.82 Å². The lowest BCUT2D eigenvalue weighted by Gasteiger charge is -2.24. The van der Waals surface area contributed by atoms with Crippen LogP contribution in [-0.2, 0) is 21.4 Å². The van der Waals surface area contributed by atoms with E-state index in [1.54, 1.807) is 6.07 Å². The van der Waals surface area contributed by atoms with Gasteiger partial charge in [-0.25, -0.2) is 0 Å². The lowest BCUT2D eigenvalue weighted by atomic mass is 9.90. The second kappa shape index (κ2) is 6.29. The molecule has 8 heteroatoms. The van der Waals surface area contributed by atoms with Gasteiger partial charge in [0.1, 0.15) is 6.10 Å². The number of nitro groups is 1. The van der Waals surface area contributed by atoms with E-state index in [1.165, 1.54) is 12.1 Å². The highest BCUT2D eigenvalue weighted by molar-refractivity contribution is 5.84. The first-order valence-electron chi connectivity index (χ1n) is 8.48. The second-order valence-electron chi connectivity index (χ2n) is 7.77. The van der Waals surface area contributed by atoms with Gasteiger partial charge in [-0.15, -0.1) is 0 Å². The Morgan fingerprint density at radius 1 is 1.42 bits per heavy atom. The molecule has 1 aliphatic heterocycles. The van der Waals surface area contributed by atoms with Crippen LogP contribution in [0.3, 0.4) is 0 Å². The van der Waals surface area contributed by atoms with Crippen LogP contribution in [0.15, 0.2) is 18.2 Å². The average Bonchev–Trinajstić information content (AvgIpc) is 3.07. The van der Waals surface area contributed by atoms with Gasteiger partial charge in [-0.2, -0.15) is 4.39 Å². The number of hydrogen-bond donors (Lipinski definition) is 0. The maximum atomic E-state index is 14.2. The van der Waals surface area contributed by atoms with Gasteiger partial charge in [0.15, 0.2) is 12.4 Å². The SMILES string of the molecule is CC1(C)OC[C@@H](Cn2c(C(C)(C)C[OH2+])cc3cc([N+](=O)[O-])c(F)cc32)O1. The second-order valence-corrected chi connectivity index (χ2v) is 7.77. The Labute approximate surface area is 150 Å². The van der Waals surface area contributed by atoms with Gasteiger partial charge in [-0.3, -0.25) is 10.1 Å². The normalized spacial score (nSPS) is 20.0. The van der Waals surface area contributed by atoms with Crippen LogP contribution in [0.25, 0.3) is 10.9 Å². The van der Waals surface area contributed by atoms with Crippen molar-refractivity contribution in [1.82, 2.24) is 4.57 Å². The zero-order valence-electron chi connectivity index (χ0n) is 15.3. The number of nitrogens with zero attached hydrogens (tertiary/aromatic N) is 2. The molecule has 7 nitrogen and oxygen atoms in total. The predicted octanol–water partition coefficient (Wildman–Crippen LogP) is 2.84. The van der Waals surface area contributed by atoms with Gasteiger partial charge >= 0.3 is 5.69 Å². The third-order valence-corrected chi connectivity index (χ3v) is 4.76. The minimum atomic E-state index is -0.874. The Kier molecular flexibility index (Phi) is 4.54. The van der Waals surface area contributed by atoms with Crippen molar-refractivity contribution >= 4 is 16.6 Å². The zero-order chi connectivity index (χ0) is 19.3. The number of hydrogen-bond acceptors (Lipinski definition) is 4. The largest absolute Gasteiger partial charge is 0.445 e. The number of benzene rings is 1. The molecule has 0 bridgehead atoms. The van der Waals surface area contributed by atoms with Crippen LogP contribution in [0.2, 0.25) is 0 Å². The molecule has 0 amide bonds. The highest BCUT2D eigenvalue weighted by Crippen LogP contribution is 2.34. The van der Waals surface area contributed by atoms with E-state index in [9.17, 15) is 14.5 Å². The molecule has 3 rings (SSSR count). The number of rotatable bonds is 5. The molecule has 0 aliphatic carbocycles. The molecule has 26 heavy (non-hydrogen) atoms. The van der Waals surface area contributed by atoms with Crippen LogP contribution in [0.5, 0.6) is 0 Å². The van der Waals surface area contributed by atoms with Gasteiger partial charge in [0, 0.05) is 23.2 Å². The Morgan fingerprint density at radius 2 is 2.12 bits per heavy atom. The Balaban J connectivity index is 2.13. The minimum Gasteiger partial charge on any atom is -0.445 e. The summed E-state index contributed by atoms with van der Waals surface area (Å²) in [5.41, 5.74) is 0.319. The molecule has 0 saturated carbocycles. The summed E-state index contributed by atoms with van der Waals surface area (Å²) in [6, 6.07) is 4.25. The van der Waals surface area contributed by atoms with Gasteiger partial charge < -0.3 is 19.1 Å². The molecule has 1 saturated heterocycles. The molecular formula is C18H24FN2O5+. The van der Waals surface area contributed by atoms with Crippen LogP contribution < -0.4 is 0 Å². The lowest BCUT2D eigenvalue weighted by Crippen LogP contribution is -2.29. The molecule has 0 radical (unpaired) electrons. The molecule has 1 fully saturated rings. The van der Waals surface area contributed by atoms with Crippen LogP contribution in [0, 0.1) is 15.9 Å². The first-order valence-corrected chi connectivity index (χ1v) is 8.48. The molecule has 2 aromatic rings. The highest BCUT2D eigenvalue weighted by Gasteiger charge is 2.35. The Morgan fingerprint density at radius 3 is 2.65 bits per heavy atom. The molecule has 2 heterocycles. The lowest BCUT2D eigenvalue weighted by molar-refractivity contribution is -0.387. The summed E-state index contributed by atoms with van der Waals surface area (Å²) in [5, 5.41) is 19.5. The van der Waals surface area contributed by atoms with E-state index in [0.717, 1.165) is 5.69 Å². The first kappa shape index (κ1) is 18.8. The van der Waals surface area contributed by atoms with E-state index < -0.39 is 27.6 Å². The smallest absolute Gasteiger partial charge is 0.305 e. The third-order valence-electron chi connectivity index (χ3n) is 4.76. The van der Waals surface area contributed by atoms with Gasteiger partial charge in [0.25, 0.3) is 0 Å². The summed E-state index contributed by atoms with van der Waals surface area (Å²) in [4.78, 5) is 10.3. The number of ether oxygens (including phenoxy) is 2. The van der Waals surface area contributed by atoms with Crippen LogP contribution in [-0.4, -0.2) is 39.7 Å². The number of nitro benzene ring substituents is 1. The van der Waals surface area contributed by atoms with Crippen molar-refractivity contribution in [2.24, 2.45) is 0 Å².